The summed E-state index contributed by atoms with van der Waals surface area (Å²) >= 11 is 0. The van der Waals surface area contributed by atoms with E-state index in [1.807, 2.05) is 12.3 Å². The Morgan fingerprint density at radius 2 is 1.74 bits per heavy atom. The van der Waals surface area contributed by atoms with Crippen molar-refractivity contribution in [2.45, 2.75) is 12.6 Å². The zero-order valence-corrected chi connectivity index (χ0v) is 13.1. The molecule has 3 rings (SSSR count). The Hall–Kier alpha value is -1.82. The normalized spacial score (nSPS) is 18.0. The molecule has 2 aromatic rings. The van der Waals surface area contributed by atoms with Gasteiger partial charge in [0.05, 0.1) is 6.10 Å². The third-order valence-corrected chi connectivity index (χ3v) is 4.28. The molecule has 5 heteroatoms. The highest BCUT2D eigenvalue weighted by atomic mass is 19.1. The lowest BCUT2D eigenvalue weighted by Crippen LogP contribution is -2.47. The van der Waals surface area contributed by atoms with Crippen molar-refractivity contribution < 1.29 is 9.50 Å². The highest BCUT2D eigenvalue weighted by Gasteiger charge is 2.20. The van der Waals surface area contributed by atoms with Crippen molar-refractivity contribution in [1.82, 2.24) is 14.8 Å². The number of β-amino-alcohol motifs (C(OH)–C–C–N with tert-alkyl or cyclic N) is 1. The third kappa shape index (κ3) is 4.58. The van der Waals surface area contributed by atoms with E-state index in [4.69, 9.17) is 0 Å². The maximum atomic E-state index is 12.9. The van der Waals surface area contributed by atoms with Gasteiger partial charge < -0.3 is 5.11 Å². The van der Waals surface area contributed by atoms with E-state index >= 15 is 0 Å². The first-order valence-corrected chi connectivity index (χ1v) is 7.98. The van der Waals surface area contributed by atoms with Crippen LogP contribution in [-0.2, 0) is 6.54 Å². The van der Waals surface area contributed by atoms with Crippen LogP contribution in [0.5, 0.6) is 0 Å². The minimum Gasteiger partial charge on any atom is -0.387 e. The summed E-state index contributed by atoms with van der Waals surface area (Å²) in [5.74, 6) is -0.273. The van der Waals surface area contributed by atoms with Crippen LogP contribution in [0.15, 0.2) is 48.8 Å². The first-order chi connectivity index (χ1) is 11.2. The number of hydrogen-bond acceptors (Lipinski definition) is 4. The molecule has 1 unspecified atom stereocenters. The molecule has 1 N–H and O–H groups in total. The van der Waals surface area contributed by atoms with E-state index in [0.717, 1.165) is 38.3 Å². The lowest BCUT2D eigenvalue weighted by Gasteiger charge is -2.35. The van der Waals surface area contributed by atoms with Crippen LogP contribution in [0.25, 0.3) is 0 Å². The molecule has 1 fully saturated rings. The Morgan fingerprint density at radius 3 is 2.39 bits per heavy atom. The van der Waals surface area contributed by atoms with E-state index in [2.05, 4.69) is 20.9 Å². The number of halogens is 1. The van der Waals surface area contributed by atoms with Crippen LogP contribution in [0, 0.1) is 5.82 Å². The van der Waals surface area contributed by atoms with Gasteiger partial charge >= 0.3 is 0 Å². The number of aliphatic hydroxyl groups excluding tert-OH is 1. The van der Waals surface area contributed by atoms with Gasteiger partial charge in [-0.1, -0.05) is 18.2 Å². The fourth-order valence-electron chi connectivity index (χ4n) is 2.91. The molecule has 23 heavy (non-hydrogen) atoms. The predicted octanol–water partition coefficient (Wildman–Crippen LogP) is 2.07. The monoisotopic (exact) mass is 315 g/mol. The summed E-state index contributed by atoms with van der Waals surface area (Å²) in [6, 6.07) is 10.1. The van der Waals surface area contributed by atoms with Crippen molar-refractivity contribution in [2.75, 3.05) is 32.7 Å². The van der Waals surface area contributed by atoms with Crippen LogP contribution in [0.1, 0.15) is 17.2 Å². The fraction of sp³-hybridized carbons (Fsp3) is 0.389. The van der Waals surface area contributed by atoms with Gasteiger partial charge in [0.15, 0.2) is 0 Å². The average Bonchev–Trinajstić information content (AvgIpc) is 2.58. The van der Waals surface area contributed by atoms with Crippen molar-refractivity contribution >= 4 is 0 Å². The van der Waals surface area contributed by atoms with Crippen molar-refractivity contribution in [2.24, 2.45) is 0 Å². The first kappa shape index (κ1) is 16.1. The van der Waals surface area contributed by atoms with E-state index in [-0.39, 0.29) is 5.82 Å². The number of pyridine rings is 1. The highest BCUT2D eigenvalue weighted by molar-refractivity contribution is 5.18. The third-order valence-electron chi connectivity index (χ3n) is 4.28. The summed E-state index contributed by atoms with van der Waals surface area (Å²) in [6.07, 6.45) is 3.13. The maximum Gasteiger partial charge on any atom is 0.123 e. The SMILES string of the molecule is OC(CN1CCN(Cc2cccnc2)CC1)c1ccc(F)cc1. The topological polar surface area (TPSA) is 39.6 Å². The summed E-state index contributed by atoms with van der Waals surface area (Å²) in [7, 11) is 0. The molecule has 4 nitrogen and oxygen atoms in total. The van der Waals surface area contributed by atoms with Crippen LogP contribution in [0.3, 0.4) is 0 Å². The lowest BCUT2D eigenvalue weighted by atomic mass is 10.1. The molecule has 1 aliphatic heterocycles. The molecule has 0 spiro atoms. The van der Waals surface area contributed by atoms with Crippen LogP contribution in [-0.4, -0.2) is 52.6 Å². The highest BCUT2D eigenvalue weighted by Crippen LogP contribution is 2.16. The van der Waals surface area contributed by atoms with Gasteiger partial charge in [-0.2, -0.15) is 0 Å². The summed E-state index contributed by atoms with van der Waals surface area (Å²) in [5.41, 5.74) is 2.00. The number of aromatic nitrogens is 1. The Labute approximate surface area is 136 Å². The number of hydrogen-bond donors (Lipinski definition) is 1. The second-order valence-electron chi connectivity index (χ2n) is 6.01. The van der Waals surface area contributed by atoms with Crippen LogP contribution in [0.4, 0.5) is 4.39 Å². The van der Waals surface area contributed by atoms with Crippen LogP contribution < -0.4 is 0 Å². The van der Waals surface area contributed by atoms with E-state index in [1.54, 1.807) is 18.3 Å². The summed E-state index contributed by atoms with van der Waals surface area (Å²) in [6.45, 7) is 5.32. The van der Waals surface area contributed by atoms with Crippen molar-refractivity contribution in [3.05, 3.63) is 65.7 Å². The summed E-state index contributed by atoms with van der Waals surface area (Å²) in [4.78, 5) is 8.81. The number of aliphatic hydroxyl groups is 1. The second kappa shape index (κ2) is 7.64. The molecule has 1 aromatic heterocycles. The second-order valence-corrected chi connectivity index (χ2v) is 6.01. The molecule has 122 valence electrons. The Balaban J connectivity index is 1.46. The van der Waals surface area contributed by atoms with E-state index in [1.165, 1.54) is 17.7 Å². The molecule has 0 aliphatic carbocycles. The van der Waals surface area contributed by atoms with Gasteiger partial charge in [0, 0.05) is 51.7 Å². The minimum atomic E-state index is -0.569. The summed E-state index contributed by atoms with van der Waals surface area (Å²) in [5, 5.41) is 10.3. The fourth-order valence-corrected chi connectivity index (χ4v) is 2.91. The van der Waals surface area contributed by atoms with E-state index in [9.17, 15) is 9.50 Å². The van der Waals surface area contributed by atoms with Gasteiger partial charge in [-0.15, -0.1) is 0 Å². The number of nitrogens with zero attached hydrogens (tertiary/aromatic N) is 3. The Morgan fingerprint density at radius 1 is 1.04 bits per heavy atom. The van der Waals surface area contributed by atoms with Crippen molar-refractivity contribution in [3.8, 4) is 0 Å². The molecule has 0 saturated carbocycles. The molecule has 1 saturated heterocycles. The molecular formula is C18H22FN3O. The summed E-state index contributed by atoms with van der Waals surface area (Å²) < 4.78 is 12.9. The van der Waals surface area contributed by atoms with Gasteiger partial charge in [-0.25, -0.2) is 4.39 Å². The molecule has 0 amide bonds. The molecule has 1 aromatic carbocycles. The standard InChI is InChI=1S/C18H22FN3O/c19-17-5-3-16(4-6-17)18(23)14-22-10-8-21(9-11-22)13-15-2-1-7-20-12-15/h1-7,12,18,23H,8-11,13-14H2. The number of piperazine rings is 1. The predicted molar refractivity (Wildman–Crippen MR) is 87.3 cm³/mol. The van der Waals surface area contributed by atoms with Crippen molar-refractivity contribution in [1.29, 1.82) is 0 Å². The minimum absolute atomic E-state index is 0.273. The average molecular weight is 315 g/mol. The van der Waals surface area contributed by atoms with Gasteiger partial charge in [0.2, 0.25) is 0 Å². The lowest BCUT2D eigenvalue weighted by molar-refractivity contribution is 0.0700. The van der Waals surface area contributed by atoms with Crippen LogP contribution >= 0.6 is 0 Å². The smallest absolute Gasteiger partial charge is 0.123 e. The maximum absolute atomic E-state index is 12.9. The zero-order chi connectivity index (χ0) is 16.1. The molecule has 1 aliphatic rings. The molecular weight excluding hydrogens is 293 g/mol. The first-order valence-electron chi connectivity index (χ1n) is 7.98. The van der Waals surface area contributed by atoms with E-state index in [0.29, 0.717) is 6.54 Å². The quantitative estimate of drug-likeness (QED) is 0.917. The molecule has 0 bridgehead atoms. The Bertz CT molecular complexity index is 597. The van der Waals surface area contributed by atoms with Crippen molar-refractivity contribution in [3.63, 3.8) is 0 Å². The van der Waals surface area contributed by atoms with Gasteiger partial charge in [0.25, 0.3) is 0 Å². The van der Waals surface area contributed by atoms with Gasteiger partial charge in [-0.05, 0) is 29.3 Å². The largest absolute Gasteiger partial charge is 0.387 e. The Kier molecular flexibility index (Phi) is 5.33. The van der Waals surface area contributed by atoms with E-state index < -0.39 is 6.10 Å². The number of benzene rings is 1. The van der Waals surface area contributed by atoms with Gasteiger partial charge in [0.1, 0.15) is 5.82 Å². The number of rotatable bonds is 5. The molecule has 1 atom stereocenters. The van der Waals surface area contributed by atoms with Gasteiger partial charge in [-0.3, -0.25) is 14.8 Å². The zero-order valence-electron chi connectivity index (χ0n) is 13.1. The molecule has 0 radical (unpaired) electrons. The van der Waals surface area contributed by atoms with Crippen LogP contribution in [0.2, 0.25) is 0 Å². The molecule has 2 heterocycles.